The molecular weight excluding hydrogens is 363 g/mol. The van der Waals surface area contributed by atoms with Gasteiger partial charge < -0.3 is 15.7 Å². The Morgan fingerprint density at radius 3 is 2.24 bits per heavy atom. The Kier molecular flexibility index (Phi) is 6.67. The molecule has 2 rings (SSSR count). The highest BCUT2D eigenvalue weighted by Gasteiger charge is 2.23. The molecule has 0 saturated heterocycles. The molecule has 25 heavy (non-hydrogen) atoms. The van der Waals surface area contributed by atoms with E-state index in [1.807, 2.05) is 30.3 Å². The molecule has 2 aromatic rings. The molecule has 0 bridgehead atoms. The maximum absolute atomic E-state index is 12.3. The van der Waals surface area contributed by atoms with Crippen LogP contribution >= 0.6 is 23.2 Å². The summed E-state index contributed by atoms with van der Waals surface area (Å²) in [5.41, 5.74) is 1.41. The van der Waals surface area contributed by atoms with Crippen LogP contribution in [0.4, 0.5) is 5.69 Å². The van der Waals surface area contributed by atoms with E-state index in [-0.39, 0.29) is 6.42 Å². The number of anilines is 1. The van der Waals surface area contributed by atoms with Gasteiger partial charge in [-0.1, -0.05) is 53.5 Å². The highest BCUT2D eigenvalue weighted by molar-refractivity contribution is 6.35. The molecule has 7 heteroatoms. The maximum atomic E-state index is 12.3. The molecule has 0 aliphatic rings. The number of hydrogen-bond donors (Lipinski definition) is 3. The fraction of sp³-hybridized carbons (Fsp3) is 0.222. The number of rotatable bonds is 7. The monoisotopic (exact) mass is 380 g/mol. The number of aliphatic carboxylic acids is 1. The van der Waals surface area contributed by atoms with Gasteiger partial charge in [0, 0.05) is 22.2 Å². The molecule has 2 atom stereocenters. The number of carbonyl (C=O) groups excluding carboxylic acids is 1. The third-order valence-electron chi connectivity index (χ3n) is 3.54. The molecule has 0 radical (unpaired) electrons. The lowest BCUT2D eigenvalue weighted by atomic mass is 10.1. The quantitative estimate of drug-likeness (QED) is 0.685. The summed E-state index contributed by atoms with van der Waals surface area (Å²) in [4.78, 5) is 23.8. The zero-order chi connectivity index (χ0) is 18.4. The summed E-state index contributed by atoms with van der Waals surface area (Å²) in [6.45, 7) is 1.63. The predicted molar refractivity (Wildman–Crippen MR) is 99.3 cm³/mol. The van der Waals surface area contributed by atoms with Crippen LogP contribution in [0.1, 0.15) is 12.5 Å². The van der Waals surface area contributed by atoms with E-state index in [1.165, 1.54) is 0 Å². The minimum Gasteiger partial charge on any atom is -0.480 e. The zero-order valence-corrected chi connectivity index (χ0v) is 15.0. The molecule has 0 spiro atoms. The van der Waals surface area contributed by atoms with E-state index in [4.69, 9.17) is 23.2 Å². The van der Waals surface area contributed by atoms with Gasteiger partial charge in [-0.25, -0.2) is 4.79 Å². The Hall–Kier alpha value is -2.24. The SMILES string of the molecule is C[C@H](Nc1cc(Cl)cc(Cl)c1)C(=O)N[C@@H](Cc1ccccc1)C(=O)O. The van der Waals surface area contributed by atoms with Crippen LogP contribution in [-0.2, 0) is 16.0 Å². The Morgan fingerprint density at radius 2 is 1.68 bits per heavy atom. The van der Waals surface area contributed by atoms with Crippen molar-refractivity contribution in [2.45, 2.75) is 25.4 Å². The number of benzene rings is 2. The number of carbonyl (C=O) groups is 2. The van der Waals surface area contributed by atoms with Crippen molar-refractivity contribution in [1.29, 1.82) is 0 Å². The standard InChI is InChI=1S/C18H18Cl2N2O3/c1-11(21-15-9-13(19)8-14(20)10-15)17(23)22-16(18(24)25)7-12-5-3-2-4-6-12/h2-6,8-11,16,21H,7H2,1H3,(H,22,23)(H,24,25)/t11-,16-/m0/s1. The van der Waals surface area contributed by atoms with Gasteiger partial charge in [-0.05, 0) is 30.7 Å². The Balaban J connectivity index is 2.00. The predicted octanol–water partition coefficient (Wildman–Crippen LogP) is 3.61. The summed E-state index contributed by atoms with van der Waals surface area (Å²) in [6.07, 6.45) is 0.206. The summed E-state index contributed by atoms with van der Waals surface area (Å²) in [7, 11) is 0. The smallest absolute Gasteiger partial charge is 0.326 e. The lowest BCUT2D eigenvalue weighted by molar-refractivity contribution is -0.141. The molecule has 0 aliphatic heterocycles. The Morgan fingerprint density at radius 1 is 1.08 bits per heavy atom. The Bertz CT molecular complexity index is 733. The Labute approximate surface area is 156 Å². The van der Waals surface area contributed by atoms with Gasteiger partial charge in [0.05, 0.1) is 0 Å². The molecule has 0 unspecified atom stereocenters. The molecule has 0 heterocycles. The third kappa shape index (κ3) is 5.96. The normalized spacial score (nSPS) is 12.9. The summed E-state index contributed by atoms with van der Waals surface area (Å²) >= 11 is 11.9. The first-order valence-electron chi connectivity index (χ1n) is 7.65. The summed E-state index contributed by atoms with van der Waals surface area (Å²) in [6, 6.07) is 12.3. The number of carboxylic acid groups (broad SMARTS) is 1. The average Bonchev–Trinajstić information content (AvgIpc) is 2.54. The van der Waals surface area contributed by atoms with E-state index < -0.39 is 24.0 Å². The first-order valence-corrected chi connectivity index (χ1v) is 8.40. The van der Waals surface area contributed by atoms with Crippen molar-refractivity contribution in [3.05, 3.63) is 64.1 Å². The summed E-state index contributed by atoms with van der Waals surface area (Å²) < 4.78 is 0. The van der Waals surface area contributed by atoms with Gasteiger partial charge in [0.15, 0.2) is 0 Å². The van der Waals surface area contributed by atoms with Crippen molar-refractivity contribution < 1.29 is 14.7 Å². The summed E-state index contributed by atoms with van der Waals surface area (Å²) in [5, 5.41) is 15.7. The first kappa shape index (κ1) is 19.1. The van der Waals surface area contributed by atoms with E-state index in [0.29, 0.717) is 15.7 Å². The van der Waals surface area contributed by atoms with Crippen LogP contribution in [0.25, 0.3) is 0 Å². The van der Waals surface area contributed by atoms with E-state index in [9.17, 15) is 14.7 Å². The largest absolute Gasteiger partial charge is 0.480 e. The average molecular weight is 381 g/mol. The number of halogens is 2. The van der Waals surface area contributed by atoms with Gasteiger partial charge in [-0.3, -0.25) is 4.79 Å². The molecule has 0 aliphatic carbocycles. The van der Waals surface area contributed by atoms with Gasteiger partial charge in [0.25, 0.3) is 0 Å². The van der Waals surface area contributed by atoms with Crippen LogP contribution in [0, 0.1) is 0 Å². The van der Waals surface area contributed by atoms with Crippen LogP contribution in [0.5, 0.6) is 0 Å². The van der Waals surface area contributed by atoms with Gasteiger partial charge in [-0.2, -0.15) is 0 Å². The van der Waals surface area contributed by atoms with E-state index in [1.54, 1.807) is 25.1 Å². The van der Waals surface area contributed by atoms with E-state index in [2.05, 4.69) is 10.6 Å². The number of nitrogens with one attached hydrogen (secondary N) is 2. The fourth-order valence-electron chi connectivity index (χ4n) is 2.30. The minimum absolute atomic E-state index is 0.206. The minimum atomic E-state index is -1.09. The van der Waals surface area contributed by atoms with Crippen molar-refractivity contribution in [3.63, 3.8) is 0 Å². The van der Waals surface area contributed by atoms with E-state index in [0.717, 1.165) is 5.56 Å². The lowest BCUT2D eigenvalue weighted by Gasteiger charge is -2.19. The van der Waals surface area contributed by atoms with Crippen molar-refractivity contribution in [2.24, 2.45) is 0 Å². The van der Waals surface area contributed by atoms with Gasteiger partial charge >= 0.3 is 5.97 Å². The molecule has 132 valence electrons. The number of hydrogen-bond acceptors (Lipinski definition) is 3. The van der Waals surface area contributed by atoms with Gasteiger partial charge in [0.1, 0.15) is 12.1 Å². The number of amides is 1. The van der Waals surface area contributed by atoms with Crippen LogP contribution < -0.4 is 10.6 Å². The van der Waals surface area contributed by atoms with Crippen molar-refractivity contribution in [1.82, 2.24) is 5.32 Å². The van der Waals surface area contributed by atoms with Crippen LogP contribution in [-0.4, -0.2) is 29.1 Å². The fourth-order valence-corrected chi connectivity index (χ4v) is 2.83. The van der Waals surface area contributed by atoms with E-state index >= 15 is 0 Å². The highest BCUT2D eigenvalue weighted by atomic mass is 35.5. The second-order valence-electron chi connectivity index (χ2n) is 5.61. The molecule has 0 aromatic heterocycles. The second-order valence-corrected chi connectivity index (χ2v) is 6.49. The third-order valence-corrected chi connectivity index (χ3v) is 3.97. The van der Waals surface area contributed by atoms with Gasteiger partial charge in [0.2, 0.25) is 5.91 Å². The summed E-state index contributed by atoms with van der Waals surface area (Å²) in [5.74, 6) is -1.52. The lowest BCUT2D eigenvalue weighted by Crippen LogP contribution is -2.47. The van der Waals surface area contributed by atoms with Crippen molar-refractivity contribution >= 4 is 40.8 Å². The highest BCUT2D eigenvalue weighted by Crippen LogP contribution is 2.22. The molecule has 1 amide bonds. The molecular formula is C18H18Cl2N2O3. The zero-order valence-electron chi connectivity index (χ0n) is 13.5. The maximum Gasteiger partial charge on any atom is 0.326 e. The van der Waals surface area contributed by atoms with Crippen molar-refractivity contribution in [2.75, 3.05) is 5.32 Å². The molecule has 2 aromatic carbocycles. The number of carboxylic acids is 1. The molecule has 3 N–H and O–H groups in total. The first-order chi connectivity index (χ1) is 11.8. The molecule has 5 nitrogen and oxygen atoms in total. The van der Waals surface area contributed by atoms with Crippen LogP contribution in [0.2, 0.25) is 10.0 Å². The van der Waals surface area contributed by atoms with Crippen molar-refractivity contribution in [3.8, 4) is 0 Å². The molecule has 0 saturated carbocycles. The van der Waals surface area contributed by atoms with Gasteiger partial charge in [-0.15, -0.1) is 0 Å². The topological polar surface area (TPSA) is 78.4 Å². The second kappa shape index (κ2) is 8.74. The van der Waals surface area contributed by atoms with Crippen LogP contribution in [0.15, 0.2) is 48.5 Å². The molecule has 0 fully saturated rings. The van der Waals surface area contributed by atoms with Crippen LogP contribution in [0.3, 0.4) is 0 Å².